The van der Waals surface area contributed by atoms with Crippen molar-refractivity contribution in [3.05, 3.63) is 65.9 Å². The third kappa shape index (κ3) is 5.16. The van der Waals surface area contributed by atoms with Gasteiger partial charge in [0.2, 0.25) is 0 Å². The standard InChI is InChI=1S/C30H30F4N8O/c1-40-12-21-10-20(40)13-41(21)11-17-2-4-18(9-23(17)30(32,33)34)38-29(43)39-25-7-3-16(8-24(25)31)22-14-42(19-5-6-19)28-26(22)27(35)36-15-37-28/h2-4,7-9,14-15,19-21H,5-6,10-13H2,1H3,(H2,35,36,37)(H2,38,39,43). The first kappa shape index (κ1) is 27.6. The van der Waals surface area contributed by atoms with Crippen molar-refractivity contribution in [3.63, 3.8) is 0 Å². The average molecular weight is 595 g/mol. The van der Waals surface area contributed by atoms with Gasteiger partial charge in [0.1, 0.15) is 23.6 Å². The van der Waals surface area contributed by atoms with E-state index in [4.69, 9.17) is 5.73 Å². The Balaban J connectivity index is 1.07. The van der Waals surface area contributed by atoms with Crippen molar-refractivity contribution in [2.75, 3.05) is 36.5 Å². The van der Waals surface area contributed by atoms with E-state index in [9.17, 15) is 18.0 Å². The van der Waals surface area contributed by atoms with Crippen LogP contribution in [0.25, 0.3) is 22.2 Å². The lowest BCUT2D eigenvalue weighted by molar-refractivity contribution is -0.138. The molecule has 43 heavy (non-hydrogen) atoms. The molecule has 3 aliphatic rings. The number of hydrogen-bond acceptors (Lipinski definition) is 6. The summed E-state index contributed by atoms with van der Waals surface area (Å²) in [6.07, 6.45) is 1.68. The summed E-state index contributed by atoms with van der Waals surface area (Å²) in [5.74, 6) is -0.432. The zero-order chi connectivity index (χ0) is 30.0. The van der Waals surface area contributed by atoms with Gasteiger partial charge >= 0.3 is 12.2 Å². The van der Waals surface area contributed by atoms with E-state index in [1.54, 1.807) is 6.07 Å². The predicted molar refractivity (Wildman–Crippen MR) is 155 cm³/mol. The van der Waals surface area contributed by atoms with Crippen LogP contribution in [-0.4, -0.2) is 62.6 Å². The molecule has 1 aliphatic carbocycles. The Hall–Kier alpha value is -4.23. The van der Waals surface area contributed by atoms with Crippen LogP contribution in [0.15, 0.2) is 48.9 Å². The molecule has 2 aliphatic heterocycles. The number of urea groups is 1. The number of alkyl halides is 3. The average Bonchev–Trinajstić information content (AvgIpc) is 3.46. The van der Waals surface area contributed by atoms with E-state index in [1.165, 1.54) is 30.6 Å². The van der Waals surface area contributed by atoms with Gasteiger partial charge < -0.3 is 25.8 Å². The fourth-order valence-corrected chi connectivity index (χ4v) is 6.44. The number of likely N-dealkylation sites (tertiary alicyclic amines) is 2. The molecule has 4 N–H and O–H groups in total. The highest BCUT2D eigenvalue weighted by Crippen LogP contribution is 2.42. The first-order chi connectivity index (χ1) is 20.5. The number of fused-ring (bicyclic) bond motifs is 3. The highest BCUT2D eigenvalue weighted by Gasteiger charge is 2.42. The number of rotatable bonds is 6. The van der Waals surface area contributed by atoms with Gasteiger partial charge in [0.05, 0.1) is 16.6 Å². The molecule has 0 spiro atoms. The molecule has 2 amide bonds. The topological polar surface area (TPSA) is 104 Å². The van der Waals surface area contributed by atoms with Crippen LogP contribution in [0.5, 0.6) is 0 Å². The van der Waals surface area contributed by atoms with Crippen molar-refractivity contribution in [1.29, 1.82) is 0 Å². The summed E-state index contributed by atoms with van der Waals surface area (Å²) in [4.78, 5) is 25.5. The van der Waals surface area contributed by atoms with E-state index in [0.717, 1.165) is 38.4 Å². The first-order valence-electron chi connectivity index (χ1n) is 14.2. The predicted octanol–water partition coefficient (Wildman–Crippen LogP) is 5.71. The summed E-state index contributed by atoms with van der Waals surface area (Å²) in [6, 6.07) is 8.12. The lowest BCUT2D eigenvalue weighted by Gasteiger charge is -2.32. The van der Waals surface area contributed by atoms with Crippen molar-refractivity contribution in [2.45, 2.75) is 50.1 Å². The summed E-state index contributed by atoms with van der Waals surface area (Å²) >= 11 is 0. The Morgan fingerprint density at radius 3 is 2.53 bits per heavy atom. The first-order valence-corrected chi connectivity index (χ1v) is 14.2. The maximum atomic E-state index is 15.2. The summed E-state index contributed by atoms with van der Waals surface area (Å²) in [6.45, 7) is 1.76. The van der Waals surface area contributed by atoms with Gasteiger partial charge in [0, 0.05) is 55.2 Å². The molecule has 1 saturated carbocycles. The molecular formula is C30H30F4N8O. The van der Waals surface area contributed by atoms with E-state index in [0.29, 0.717) is 34.2 Å². The monoisotopic (exact) mass is 594 g/mol. The summed E-state index contributed by atoms with van der Waals surface area (Å²) in [5, 5.41) is 5.44. The number of hydrogen-bond donors (Lipinski definition) is 3. The van der Waals surface area contributed by atoms with Gasteiger partial charge in [-0.1, -0.05) is 12.1 Å². The molecule has 4 aromatic rings. The summed E-state index contributed by atoms with van der Waals surface area (Å²) in [5.41, 5.74) is 7.20. The minimum Gasteiger partial charge on any atom is -0.383 e. The number of halogens is 4. The fourth-order valence-electron chi connectivity index (χ4n) is 6.44. The number of carbonyl (C=O) groups is 1. The quantitative estimate of drug-likeness (QED) is 0.247. The Bertz CT molecular complexity index is 1730. The van der Waals surface area contributed by atoms with Gasteiger partial charge in [-0.05, 0) is 61.7 Å². The lowest BCUT2D eigenvalue weighted by Crippen LogP contribution is -2.44. The number of nitrogens with two attached hydrogens (primary N) is 1. The molecule has 13 heteroatoms. The van der Waals surface area contributed by atoms with Crippen molar-refractivity contribution >= 4 is 34.3 Å². The van der Waals surface area contributed by atoms with Crippen LogP contribution in [0.2, 0.25) is 0 Å². The Morgan fingerprint density at radius 2 is 1.86 bits per heavy atom. The third-order valence-electron chi connectivity index (χ3n) is 8.78. The number of benzene rings is 2. The molecule has 2 aromatic carbocycles. The van der Waals surface area contributed by atoms with E-state index < -0.39 is 23.6 Å². The summed E-state index contributed by atoms with van der Waals surface area (Å²) in [7, 11) is 2.04. The number of likely N-dealkylation sites (N-methyl/N-ethyl adjacent to an activating group) is 1. The summed E-state index contributed by atoms with van der Waals surface area (Å²) < 4.78 is 59.3. The maximum Gasteiger partial charge on any atom is 0.416 e. The van der Waals surface area contributed by atoms with E-state index in [2.05, 4.69) is 30.4 Å². The van der Waals surface area contributed by atoms with Crippen LogP contribution in [0.3, 0.4) is 0 Å². The molecule has 2 bridgehead atoms. The van der Waals surface area contributed by atoms with Crippen molar-refractivity contribution in [2.24, 2.45) is 0 Å². The molecule has 2 saturated heterocycles. The van der Waals surface area contributed by atoms with E-state index in [-0.39, 0.29) is 35.3 Å². The number of amides is 2. The number of nitrogens with one attached hydrogen (secondary N) is 2. The highest BCUT2D eigenvalue weighted by atomic mass is 19.4. The van der Waals surface area contributed by atoms with E-state index >= 15 is 4.39 Å². The molecule has 9 nitrogen and oxygen atoms in total. The molecule has 3 fully saturated rings. The number of nitrogen functional groups attached to an aromatic ring is 1. The van der Waals surface area contributed by atoms with Gasteiger partial charge in [-0.15, -0.1) is 0 Å². The molecule has 224 valence electrons. The smallest absolute Gasteiger partial charge is 0.383 e. The van der Waals surface area contributed by atoms with E-state index in [1.807, 2.05) is 17.8 Å². The largest absolute Gasteiger partial charge is 0.416 e. The van der Waals surface area contributed by atoms with Crippen LogP contribution < -0.4 is 16.4 Å². The number of nitrogens with zero attached hydrogens (tertiary/aromatic N) is 5. The molecule has 2 unspecified atom stereocenters. The molecule has 0 radical (unpaired) electrons. The Morgan fingerprint density at radius 1 is 1.05 bits per heavy atom. The fraction of sp³-hybridized carbons (Fsp3) is 0.367. The second kappa shape index (κ2) is 10.2. The molecule has 4 heterocycles. The van der Waals surface area contributed by atoms with Crippen molar-refractivity contribution < 1.29 is 22.4 Å². The van der Waals surface area contributed by atoms with Crippen LogP contribution >= 0.6 is 0 Å². The Kier molecular flexibility index (Phi) is 6.54. The minimum atomic E-state index is -4.60. The number of piperazine rings is 1. The van der Waals surface area contributed by atoms with Crippen LogP contribution in [-0.2, 0) is 12.7 Å². The van der Waals surface area contributed by atoms with Gasteiger partial charge in [0.25, 0.3) is 0 Å². The third-order valence-corrected chi connectivity index (χ3v) is 8.78. The van der Waals surface area contributed by atoms with Crippen molar-refractivity contribution in [3.8, 4) is 11.1 Å². The van der Waals surface area contributed by atoms with Gasteiger partial charge in [-0.25, -0.2) is 19.2 Å². The van der Waals surface area contributed by atoms with Crippen molar-refractivity contribution in [1.82, 2.24) is 24.3 Å². The van der Waals surface area contributed by atoms with Gasteiger partial charge in [-0.3, -0.25) is 4.90 Å². The SMILES string of the molecule is CN1CC2CC1CN2Cc1ccc(NC(=O)Nc2ccc(-c3cn(C4CC4)c4ncnc(N)c34)cc2F)cc1C(F)(F)F. The second-order valence-corrected chi connectivity index (χ2v) is 11.7. The molecule has 7 rings (SSSR count). The lowest BCUT2D eigenvalue weighted by atomic mass is 10.0. The minimum absolute atomic E-state index is 0.0448. The van der Waals surface area contributed by atoms with Crippen LogP contribution in [0.4, 0.5) is 39.5 Å². The van der Waals surface area contributed by atoms with Crippen LogP contribution in [0, 0.1) is 5.82 Å². The normalized spacial score (nSPS) is 20.7. The zero-order valence-electron chi connectivity index (χ0n) is 23.3. The second-order valence-electron chi connectivity index (χ2n) is 11.7. The number of carbonyl (C=O) groups excluding carboxylic acids is 1. The van der Waals surface area contributed by atoms with Gasteiger partial charge in [0.15, 0.2) is 0 Å². The zero-order valence-corrected chi connectivity index (χ0v) is 23.3. The molecular weight excluding hydrogens is 564 g/mol. The number of anilines is 3. The molecule has 2 atom stereocenters. The van der Waals surface area contributed by atoms with Crippen LogP contribution in [0.1, 0.15) is 36.4 Å². The number of aromatic nitrogens is 3. The molecule has 2 aromatic heterocycles. The van der Waals surface area contributed by atoms with Gasteiger partial charge in [-0.2, -0.15) is 13.2 Å². The highest BCUT2D eigenvalue weighted by molar-refractivity contribution is 6.02. The Labute approximate surface area is 244 Å². The maximum absolute atomic E-state index is 15.2.